The third-order valence-corrected chi connectivity index (χ3v) is 4.44. The highest BCUT2D eigenvalue weighted by atomic mass is 16.6. The highest BCUT2D eigenvalue weighted by molar-refractivity contribution is 5.90. The fourth-order valence-corrected chi connectivity index (χ4v) is 3.34. The normalized spacial score (nSPS) is 11.5. The summed E-state index contributed by atoms with van der Waals surface area (Å²) in [5, 5.41) is 2.47. The van der Waals surface area contributed by atoms with Crippen molar-refractivity contribution in [3.8, 4) is 0 Å². The molecule has 0 saturated carbocycles. The molecule has 0 fully saturated rings. The Balaban J connectivity index is 1.86. The summed E-state index contributed by atoms with van der Waals surface area (Å²) in [5.74, 6) is -0.273. The molecular weight excluding hydrogens is 308 g/mol. The number of carbonyl (C=O) groups excluding carboxylic acids is 1. The van der Waals surface area contributed by atoms with Gasteiger partial charge in [0, 0.05) is 6.42 Å². The molecule has 0 aliphatic rings. The van der Waals surface area contributed by atoms with Crippen molar-refractivity contribution in [3.63, 3.8) is 0 Å². The summed E-state index contributed by atoms with van der Waals surface area (Å²) < 4.78 is 5.83. The van der Waals surface area contributed by atoms with E-state index in [9.17, 15) is 4.79 Å². The number of rotatable bonds is 4. The van der Waals surface area contributed by atoms with Gasteiger partial charge < -0.3 is 4.74 Å². The van der Waals surface area contributed by atoms with Crippen LogP contribution < -0.4 is 0 Å². The Morgan fingerprint density at radius 1 is 0.960 bits per heavy atom. The van der Waals surface area contributed by atoms with Crippen LogP contribution in [0.25, 0.3) is 10.8 Å². The average molecular weight is 332 g/mol. The number of benzene rings is 3. The molecule has 0 bridgehead atoms. The zero-order valence-corrected chi connectivity index (χ0v) is 15.3. The first-order chi connectivity index (χ1) is 11.9. The van der Waals surface area contributed by atoms with Gasteiger partial charge >= 0.3 is 5.97 Å². The van der Waals surface area contributed by atoms with Gasteiger partial charge in [0.25, 0.3) is 0 Å². The van der Waals surface area contributed by atoms with Gasteiger partial charge in [0.05, 0.1) is 5.56 Å². The van der Waals surface area contributed by atoms with Gasteiger partial charge in [0.15, 0.2) is 0 Å². The van der Waals surface area contributed by atoms with Crippen molar-refractivity contribution >= 4 is 16.7 Å². The third-order valence-electron chi connectivity index (χ3n) is 4.44. The van der Waals surface area contributed by atoms with Crippen LogP contribution in [-0.2, 0) is 11.2 Å². The summed E-state index contributed by atoms with van der Waals surface area (Å²) >= 11 is 0. The van der Waals surface area contributed by atoms with Crippen molar-refractivity contribution in [3.05, 3.63) is 82.9 Å². The number of hydrogen-bond acceptors (Lipinski definition) is 2. The van der Waals surface area contributed by atoms with Crippen molar-refractivity contribution in [2.75, 3.05) is 0 Å². The maximum Gasteiger partial charge on any atom is 0.338 e. The molecule has 0 amide bonds. The standard InChI is InChI=1S/C23H24O2/c1-16-8-5-12-19(14-16)22(24)25-23(3,4)15-20-13-7-11-18-10-6-9-17(2)21(18)20/h5-14H,15H2,1-4H3. The van der Waals surface area contributed by atoms with Gasteiger partial charge in [-0.3, -0.25) is 0 Å². The summed E-state index contributed by atoms with van der Waals surface area (Å²) in [4.78, 5) is 12.5. The van der Waals surface area contributed by atoms with Crippen molar-refractivity contribution in [2.45, 2.75) is 39.7 Å². The van der Waals surface area contributed by atoms with E-state index in [1.54, 1.807) is 6.07 Å². The molecule has 0 heterocycles. The van der Waals surface area contributed by atoms with E-state index in [-0.39, 0.29) is 5.97 Å². The Bertz CT molecular complexity index is 917. The monoisotopic (exact) mass is 332 g/mol. The Morgan fingerprint density at radius 2 is 1.64 bits per heavy atom. The second-order valence-electron chi connectivity index (χ2n) is 7.29. The number of carbonyl (C=O) groups is 1. The van der Waals surface area contributed by atoms with E-state index in [1.165, 1.54) is 21.9 Å². The average Bonchev–Trinajstić information content (AvgIpc) is 2.54. The molecule has 0 radical (unpaired) electrons. The van der Waals surface area contributed by atoms with Gasteiger partial charge in [-0.05, 0) is 61.7 Å². The minimum Gasteiger partial charge on any atom is -0.456 e. The van der Waals surface area contributed by atoms with Gasteiger partial charge in [0.1, 0.15) is 5.60 Å². The first kappa shape index (κ1) is 17.2. The first-order valence-electron chi connectivity index (χ1n) is 8.63. The summed E-state index contributed by atoms with van der Waals surface area (Å²) in [5.41, 5.74) is 3.52. The van der Waals surface area contributed by atoms with Crippen LogP contribution in [0.2, 0.25) is 0 Å². The van der Waals surface area contributed by atoms with E-state index in [0.29, 0.717) is 12.0 Å². The molecule has 0 atom stereocenters. The molecule has 3 rings (SSSR count). The van der Waals surface area contributed by atoms with Crippen molar-refractivity contribution in [1.29, 1.82) is 0 Å². The SMILES string of the molecule is Cc1cccc(C(=O)OC(C)(C)Cc2cccc3cccc(C)c23)c1. The van der Waals surface area contributed by atoms with E-state index < -0.39 is 5.60 Å². The predicted octanol–water partition coefficient (Wildman–Crippen LogP) is 5.63. The fourth-order valence-electron chi connectivity index (χ4n) is 3.34. The molecule has 2 nitrogen and oxygen atoms in total. The van der Waals surface area contributed by atoms with Gasteiger partial charge in [-0.1, -0.05) is 54.1 Å². The molecular formula is C23H24O2. The molecule has 0 aliphatic heterocycles. The smallest absolute Gasteiger partial charge is 0.338 e. The Hall–Kier alpha value is -2.61. The van der Waals surface area contributed by atoms with Gasteiger partial charge in [-0.15, -0.1) is 0 Å². The highest BCUT2D eigenvalue weighted by Gasteiger charge is 2.25. The summed E-state index contributed by atoms with van der Waals surface area (Å²) in [6.45, 7) is 8.04. The van der Waals surface area contributed by atoms with E-state index in [1.807, 2.05) is 39.0 Å². The van der Waals surface area contributed by atoms with Gasteiger partial charge in [0.2, 0.25) is 0 Å². The number of fused-ring (bicyclic) bond motifs is 1. The molecule has 0 aliphatic carbocycles. The van der Waals surface area contributed by atoms with Crippen LogP contribution in [0.1, 0.15) is 40.9 Å². The van der Waals surface area contributed by atoms with Gasteiger partial charge in [-0.25, -0.2) is 4.79 Å². The first-order valence-corrected chi connectivity index (χ1v) is 8.63. The van der Waals surface area contributed by atoms with E-state index >= 15 is 0 Å². The lowest BCUT2D eigenvalue weighted by Gasteiger charge is -2.26. The second kappa shape index (κ2) is 6.72. The maximum absolute atomic E-state index is 12.5. The number of aryl methyl sites for hydroxylation is 2. The van der Waals surface area contributed by atoms with Crippen molar-refractivity contribution in [2.24, 2.45) is 0 Å². The number of hydrogen-bond donors (Lipinski definition) is 0. The molecule has 3 aromatic carbocycles. The Kier molecular flexibility index (Phi) is 4.63. The summed E-state index contributed by atoms with van der Waals surface area (Å²) in [6.07, 6.45) is 0.673. The van der Waals surface area contributed by atoms with E-state index in [4.69, 9.17) is 4.74 Å². The van der Waals surface area contributed by atoms with Crippen LogP contribution in [0.15, 0.2) is 60.7 Å². The number of ether oxygens (including phenoxy) is 1. The van der Waals surface area contributed by atoms with Crippen LogP contribution in [0, 0.1) is 13.8 Å². The lowest BCUT2D eigenvalue weighted by Crippen LogP contribution is -2.30. The lowest BCUT2D eigenvalue weighted by molar-refractivity contribution is -0.000544. The van der Waals surface area contributed by atoms with E-state index in [0.717, 1.165) is 5.56 Å². The second-order valence-corrected chi connectivity index (χ2v) is 7.29. The van der Waals surface area contributed by atoms with Gasteiger partial charge in [-0.2, -0.15) is 0 Å². The minimum atomic E-state index is -0.586. The van der Waals surface area contributed by atoms with Crippen LogP contribution >= 0.6 is 0 Å². The summed E-state index contributed by atoms with van der Waals surface area (Å²) in [6, 6.07) is 20.1. The maximum atomic E-state index is 12.5. The van der Waals surface area contributed by atoms with Crippen molar-refractivity contribution in [1.82, 2.24) is 0 Å². The molecule has 2 heteroatoms. The van der Waals surface area contributed by atoms with E-state index in [2.05, 4.69) is 43.3 Å². The zero-order chi connectivity index (χ0) is 18.0. The topological polar surface area (TPSA) is 26.3 Å². The summed E-state index contributed by atoms with van der Waals surface area (Å²) in [7, 11) is 0. The molecule has 0 unspecified atom stereocenters. The molecule has 0 saturated heterocycles. The van der Waals surface area contributed by atoms with Crippen LogP contribution in [0.4, 0.5) is 0 Å². The number of esters is 1. The van der Waals surface area contributed by atoms with Crippen molar-refractivity contribution < 1.29 is 9.53 Å². The van der Waals surface area contributed by atoms with Crippen LogP contribution in [-0.4, -0.2) is 11.6 Å². The molecule has 25 heavy (non-hydrogen) atoms. The zero-order valence-electron chi connectivity index (χ0n) is 15.3. The lowest BCUT2D eigenvalue weighted by atomic mass is 9.92. The quantitative estimate of drug-likeness (QED) is 0.578. The molecule has 128 valence electrons. The third kappa shape index (κ3) is 3.90. The minimum absolute atomic E-state index is 0.273. The van der Waals surface area contributed by atoms with Crippen LogP contribution in [0.3, 0.4) is 0 Å². The molecule has 0 N–H and O–H groups in total. The van der Waals surface area contributed by atoms with Crippen LogP contribution in [0.5, 0.6) is 0 Å². The fraction of sp³-hybridized carbons (Fsp3) is 0.261. The Labute approximate surface area is 149 Å². The largest absolute Gasteiger partial charge is 0.456 e. The Morgan fingerprint density at radius 3 is 2.36 bits per heavy atom. The molecule has 3 aromatic rings. The predicted molar refractivity (Wildman–Crippen MR) is 103 cm³/mol. The molecule has 0 spiro atoms. The highest BCUT2D eigenvalue weighted by Crippen LogP contribution is 2.27. The molecule has 0 aromatic heterocycles.